The molecule has 2 heterocycles. The molecule has 1 atom stereocenters. The first-order chi connectivity index (χ1) is 12.3. The van der Waals surface area contributed by atoms with Gasteiger partial charge >= 0.3 is 0 Å². The molecule has 3 rings (SSSR count). The van der Waals surface area contributed by atoms with Gasteiger partial charge in [-0.1, -0.05) is 13.0 Å². The summed E-state index contributed by atoms with van der Waals surface area (Å²) in [7, 11) is 0. The third-order valence-electron chi connectivity index (χ3n) is 4.68. The monoisotopic (exact) mass is 371 g/mol. The van der Waals surface area contributed by atoms with Gasteiger partial charge in [0, 0.05) is 35.7 Å². The van der Waals surface area contributed by atoms with Crippen molar-refractivity contribution in [2.45, 2.75) is 39.3 Å². The van der Waals surface area contributed by atoms with Gasteiger partial charge in [-0.3, -0.25) is 14.4 Å². The summed E-state index contributed by atoms with van der Waals surface area (Å²) < 4.78 is 0. The average molecular weight is 371 g/mol. The number of hydrogen-bond acceptors (Lipinski definition) is 5. The van der Waals surface area contributed by atoms with E-state index in [1.165, 1.54) is 6.92 Å². The number of hydrogen-bond donors (Lipinski definition) is 1. The van der Waals surface area contributed by atoms with Crippen LogP contribution in [0, 0.1) is 0 Å². The van der Waals surface area contributed by atoms with Gasteiger partial charge in [0.2, 0.25) is 5.91 Å². The van der Waals surface area contributed by atoms with E-state index in [9.17, 15) is 14.4 Å². The number of fused-ring (bicyclic) bond motifs is 1. The molecule has 1 aromatic heterocycles. The molecule has 1 aromatic carbocycles. The van der Waals surface area contributed by atoms with Gasteiger partial charge < -0.3 is 10.2 Å². The number of nitrogens with one attached hydrogen (secondary N) is 1. The topological polar surface area (TPSA) is 79.4 Å². The SMILES string of the molecule is CCC(=O)NC(C)(CN1Cc2cc(-c3nccs3)ccc2C1=O)C(C)=O. The minimum absolute atomic E-state index is 0.121. The van der Waals surface area contributed by atoms with Gasteiger partial charge in [0.05, 0.1) is 6.54 Å². The van der Waals surface area contributed by atoms with E-state index in [0.717, 1.165) is 16.1 Å². The standard InChI is InChI=1S/C19H21N3O3S/c1-4-16(24)21-19(3,12(2)23)11-22-10-14-9-13(17-20-7-8-26-17)5-6-15(14)18(22)25/h5-9H,4,10-11H2,1-3H3,(H,21,24). The Morgan fingerprint density at radius 1 is 1.38 bits per heavy atom. The summed E-state index contributed by atoms with van der Waals surface area (Å²) in [6, 6.07) is 5.67. The van der Waals surface area contributed by atoms with Crippen LogP contribution >= 0.6 is 11.3 Å². The Hall–Kier alpha value is -2.54. The van der Waals surface area contributed by atoms with E-state index in [-0.39, 0.29) is 30.6 Å². The smallest absolute Gasteiger partial charge is 0.254 e. The second kappa shape index (κ2) is 6.99. The number of carbonyl (C=O) groups excluding carboxylic acids is 3. The minimum Gasteiger partial charge on any atom is -0.342 e. The van der Waals surface area contributed by atoms with Gasteiger partial charge in [-0.05, 0) is 31.5 Å². The molecule has 1 unspecified atom stereocenters. The molecular formula is C19H21N3O3S. The lowest BCUT2D eigenvalue weighted by Crippen LogP contribution is -2.58. The summed E-state index contributed by atoms with van der Waals surface area (Å²) in [4.78, 5) is 42.6. The second-order valence-electron chi connectivity index (χ2n) is 6.66. The maximum absolute atomic E-state index is 12.7. The van der Waals surface area contributed by atoms with Gasteiger partial charge in [-0.25, -0.2) is 4.98 Å². The Morgan fingerprint density at radius 3 is 2.77 bits per heavy atom. The normalized spacial score (nSPS) is 15.5. The van der Waals surface area contributed by atoms with E-state index in [4.69, 9.17) is 0 Å². The van der Waals surface area contributed by atoms with Crippen LogP contribution in [0.2, 0.25) is 0 Å². The van der Waals surface area contributed by atoms with Gasteiger partial charge in [0.1, 0.15) is 10.5 Å². The van der Waals surface area contributed by atoms with Crippen LogP contribution in [0.4, 0.5) is 0 Å². The van der Waals surface area contributed by atoms with Crippen LogP contribution in [0.3, 0.4) is 0 Å². The fraction of sp³-hybridized carbons (Fsp3) is 0.368. The molecule has 0 fully saturated rings. The van der Waals surface area contributed by atoms with Crippen molar-refractivity contribution in [2.24, 2.45) is 0 Å². The predicted molar refractivity (Wildman–Crippen MR) is 99.8 cm³/mol. The number of ketones is 1. The second-order valence-corrected chi connectivity index (χ2v) is 7.55. The molecule has 0 saturated heterocycles. The summed E-state index contributed by atoms with van der Waals surface area (Å²) in [6.45, 7) is 5.39. The van der Waals surface area contributed by atoms with Crippen molar-refractivity contribution >= 4 is 28.9 Å². The molecule has 0 saturated carbocycles. The van der Waals surface area contributed by atoms with Gasteiger partial charge in [-0.15, -0.1) is 11.3 Å². The summed E-state index contributed by atoms with van der Waals surface area (Å²) in [5.41, 5.74) is 1.43. The van der Waals surface area contributed by atoms with Crippen molar-refractivity contribution < 1.29 is 14.4 Å². The molecule has 0 spiro atoms. The minimum atomic E-state index is -1.09. The number of benzene rings is 1. The van der Waals surface area contributed by atoms with Gasteiger partial charge in [0.15, 0.2) is 5.78 Å². The molecule has 0 bridgehead atoms. The molecule has 0 radical (unpaired) electrons. The molecule has 1 aliphatic rings. The Balaban J connectivity index is 1.83. The zero-order valence-corrected chi connectivity index (χ0v) is 15.9. The Morgan fingerprint density at radius 2 is 2.15 bits per heavy atom. The highest BCUT2D eigenvalue weighted by atomic mass is 32.1. The van der Waals surface area contributed by atoms with E-state index in [1.54, 1.807) is 36.3 Å². The maximum atomic E-state index is 12.7. The third kappa shape index (κ3) is 3.39. The van der Waals surface area contributed by atoms with Crippen molar-refractivity contribution in [3.63, 3.8) is 0 Å². The molecule has 0 aliphatic carbocycles. The molecule has 136 valence electrons. The first-order valence-corrected chi connectivity index (χ1v) is 9.36. The lowest BCUT2D eigenvalue weighted by Gasteiger charge is -2.32. The van der Waals surface area contributed by atoms with Crippen LogP contribution in [0.25, 0.3) is 10.6 Å². The molecule has 2 amide bonds. The first kappa shape index (κ1) is 18.3. The number of amides is 2. The Kier molecular flexibility index (Phi) is 4.91. The fourth-order valence-electron chi connectivity index (χ4n) is 3.02. The van der Waals surface area contributed by atoms with Crippen LogP contribution in [-0.2, 0) is 16.1 Å². The lowest BCUT2D eigenvalue weighted by atomic mass is 9.96. The van der Waals surface area contributed by atoms with Crippen molar-refractivity contribution in [1.82, 2.24) is 15.2 Å². The summed E-state index contributed by atoms with van der Waals surface area (Å²) >= 11 is 1.54. The zero-order valence-electron chi connectivity index (χ0n) is 15.0. The number of nitrogens with zero attached hydrogens (tertiary/aromatic N) is 2. The molecule has 7 heteroatoms. The molecule has 26 heavy (non-hydrogen) atoms. The Bertz CT molecular complexity index is 863. The van der Waals surface area contributed by atoms with E-state index in [2.05, 4.69) is 10.3 Å². The molecule has 1 N–H and O–H groups in total. The Labute approximate surface area is 156 Å². The summed E-state index contributed by atoms with van der Waals surface area (Å²) in [5, 5.41) is 5.58. The molecule has 1 aliphatic heterocycles. The average Bonchev–Trinajstić information content (AvgIpc) is 3.23. The van der Waals surface area contributed by atoms with Crippen molar-refractivity contribution in [3.05, 3.63) is 40.9 Å². The highest BCUT2D eigenvalue weighted by molar-refractivity contribution is 7.13. The number of Topliss-reactive ketones (excluding diaryl/α,β-unsaturated/α-hetero) is 1. The maximum Gasteiger partial charge on any atom is 0.254 e. The number of carbonyl (C=O) groups is 3. The van der Waals surface area contributed by atoms with Crippen LogP contribution in [0.15, 0.2) is 29.8 Å². The van der Waals surface area contributed by atoms with E-state index in [1.807, 2.05) is 23.6 Å². The fourth-order valence-corrected chi connectivity index (χ4v) is 3.66. The van der Waals surface area contributed by atoms with Crippen molar-refractivity contribution in [1.29, 1.82) is 0 Å². The van der Waals surface area contributed by atoms with Gasteiger partial charge in [0.25, 0.3) is 5.91 Å². The lowest BCUT2D eigenvalue weighted by molar-refractivity contribution is -0.130. The molecule has 6 nitrogen and oxygen atoms in total. The van der Waals surface area contributed by atoms with E-state index in [0.29, 0.717) is 12.1 Å². The van der Waals surface area contributed by atoms with Crippen molar-refractivity contribution in [2.75, 3.05) is 6.54 Å². The van der Waals surface area contributed by atoms with Crippen LogP contribution in [-0.4, -0.2) is 39.6 Å². The predicted octanol–water partition coefficient (Wildman–Crippen LogP) is 2.64. The van der Waals surface area contributed by atoms with Crippen LogP contribution < -0.4 is 5.32 Å². The highest BCUT2D eigenvalue weighted by Gasteiger charge is 2.38. The number of aromatic nitrogens is 1. The summed E-state index contributed by atoms with van der Waals surface area (Å²) in [6.07, 6.45) is 2.04. The molecular weight excluding hydrogens is 350 g/mol. The van der Waals surface area contributed by atoms with E-state index >= 15 is 0 Å². The van der Waals surface area contributed by atoms with E-state index < -0.39 is 5.54 Å². The number of rotatable bonds is 6. The van der Waals surface area contributed by atoms with Crippen molar-refractivity contribution in [3.8, 4) is 10.6 Å². The third-order valence-corrected chi connectivity index (χ3v) is 5.51. The van der Waals surface area contributed by atoms with Crippen LogP contribution in [0.1, 0.15) is 43.1 Å². The highest BCUT2D eigenvalue weighted by Crippen LogP contribution is 2.30. The first-order valence-electron chi connectivity index (χ1n) is 8.48. The number of thiazole rings is 1. The quantitative estimate of drug-likeness (QED) is 0.847. The van der Waals surface area contributed by atoms with Gasteiger partial charge in [-0.2, -0.15) is 0 Å². The largest absolute Gasteiger partial charge is 0.342 e. The summed E-state index contributed by atoms with van der Waals surface area (Å²) in [5.74, 6) is -0.506. The zero-order chi connectivity index (χ0) is 18.9. The molecule has 2 aromatic rings. The van der Waals surface area contributed by atoms with Crippen LogP contribution in [0.5, 0.6) is 0 Å².